The Labute approximate surface area is 205 Å². The normalized spacial score (nSPS) is 23.0. The lowest BCUT2D eigenvalue weighted by Crippen LogP contribution is -2.45. The predicted molar refractivity (Wildman–Crippen MR) is 137 cm³/mol. The van der Waals surface area contributed by atoms with E-state index in [4.69, 9.17) is 9.47 Å². The molecule has 5 rings (SSSR count). The number of hydrogen-bond acceptors (Lipinski definition) is 5. The summed E-state index contributed by atoms with van der Waals surface area (Å²) in [5.74, 6) is 0.874. The van der Waals surface area contributed by atoms with Gasteiger partial charge < -0.3 is 14.5 Å². The number of carbonyl (C=O) groups excluding carboxylic acids is 1. The second-order valence-electron chi connectivity index (χ2n) is 9.47. The molecule has 2 N–H and O–H groups in total. The summed E-state index contributed by atoms with van der Waals surface area (Å²) in [5.41, 5.74) is 5.45. The highest BCUT2D eigenvalue weighted by Crippen LogP contribution is 2.45. The Balaban J connectivity index is 1.49. The second kappa shape index (κ2) is 9.64. The summed E-state index contributed by atoms with van der Waals surface area (Å²) in [6, 6.07) is 12.6. The molecule has 0 saturated carbocycles. The van der Waals surface area contributed by atoms with Crippen molar-refractivity contribution in [2.45, 2.75) is 50.8 Å². The maximum absolute atomic E-state index is 12.3. The van der Waals surface area contributed by atoms with Crippen molar-refractivity contribution in [1.82, 2.24) is 14.6 Å². The van der Waals surface area contributed by atoms with Gasteiger partial charge in [0.05, 0.1) is 12.7 Å². The maximum Gasteiger partial charge on any atom is 0.261 e. The summed E-state index contributed by atoms with van der Waals surface area (Å²) in [4.78, 5) is 18.2. The summed E-state index contributed by atoms with van der Waals surface area (Å²) in [6.07, 6.45) is 8.13. The van der Waals surface area contributed by atoms with Crippen LogP contribution in [-0.2, 0) is 11.3 Å². The molecule has 7 heteroatoms. The smallest absolute Gasteiger partial charge is 0.261 e. The molecule has 2 aromatic carbocycles. The largest absolute Gasteiger partial charge is 0.496 e. The third-order valence-corrected chi connectivity index (χ3v) is 7.88. The molecule has 0 bridgehead atoms. The van der Waals surface area contributed by atoms with Crippen LogP contribution in [0.2, 0.25) is 0 Å². The predicted octanol–water partition coefficient (Wildman–Crippen LogP) is 5.38. The molecular formula is C27H33N3O3S. The van der Waals surface area contributed by atoms with Crippen molar-refractivity contribution in [1.29, 1.82) is 0 Å². The molecule has 3 aromatic rings. The van der Waals surface area contributed by atoms with Crippen LogP contribution in [0, 0.1) is 6.92 Å². The molecule has 2 fully saturated rings. The van der Waals surface area contributed by atoms with Crippen LogP contribution in [0.3, 0.4) is 0 Å². The number of likely N-dealkylation sites (tertiary alicyclic amines) is 1. The van der Waals surface area contributed by atoms with Crippen molar-refractivity contribution >= 4 is 28.8 Å². The molecule has 1 amide bonds. The van der Waals surface area contributed by atoms with Gasteiger partial charge in [-0.1, -0.05) is 24.1 Å². The molecule has 1 unspecified atom stereocenters. The molecule has 2 aliphatic heterocycles. The van der Waals surface area contributed by atoms with E-state index < -0.39 is 0 Å². The Kier molecular flexibility index (Phi) is 6.60. The molecule has 2 saturated heterocycles. The van der Waals surface area contributed by atoms with Gasteiger partial charge in [0, 0.05) is 60.2 Å². The summed E-state index contributed by atoms with van der Waals surface area (Å²) in [5, 5.41) is 1.22. The van der Waals surface area contributed by atoms with E-state index in [-0.39, 0.29) is 17.6 Å². The topological polar surface area (TPSA) is 66.6 Å². The lowest BCUT2D eigenvalue weighted by Gasteiger charge is -2.45. The van der Waals surface area contributed by atoms with E-state index in [1.165, 1.54) is 39.5 Å². The fourth-order valence-electron chi connectivity index (χ4n) is 5.71. The second-order valence-corrected chi connectivity index (χ2v) is 10.1. The summed E-state index contributed by atoms with van der Waals surface area (Å²) in [7, 11) is 1.75. The van der Waals surface area contributed by atoms with Crippen LogP contribution in [-0.4, -0.2) is 47.9 Å². The molecule has 0 aliphatic carbocycles. The fourth-order valence-corrected chi connectivity index (χ4v) is 6.01. The molecule has 1 spiro atoms. The SMILES string of the molecule is COc1cc(C)c2[nH]ccc2c1CN1CCC2(CCCO2)C[C@H]1c1ccc(C(=O)NSC)cc1. The van der Waals surface area contributed by atoms with Crippen molar-refractivity contribution in [2.24, 2.45) is 0 Å². The lowest BCUT2D eigenvalue weighted by molar-refractivity contribution is -0.0676. The number of H-pyrrole nitrogens is 1. The first-order chi connectivity index (χ1) is 16.5. The number of amides is 1. The Bertz CT molecular complexity index is 1170. The number of carbonyl (C=O) groups is 1. The number of benzene rings is 2. The van der Waals surface area contributed by atoms with Gasteiger partial charge in [-0.05, 0) is 68.0 Å². The number of nitrogens with zero attached hydrogens (tertiary/aromatic N) is 1. The highest BCUT2D eigenvalue weighted by atomic mass is 32.2. The fraction of sp³-hybridized carbons (Fsp3) is 0.444. The van der Waals surface area contributed by atoms with Gasteiger partial charge in [-0.25, -0.2) is 0 Å². The van der Waals surface area contributed by atoms with E-state index in [9.17, 15) is 4.79 Å². The number of fused-ring (bicyclic) bond motifs is 1. The zero-order valence-corrected chi connectivity index (χ0v) is 21.0. The number of hydrogen-bond donors (Lipinski definition) is 2. The average Bonchev–Trinajstić information content (AvgIpc) is 3.53. The molecule has 1 aromatic heterocycles. The van der Waals surface area contributed by atoms with Gasteiger partial charge in [0.1, 0.15) is 5.75 Å². The van der Waals surface area contributed by atoms with E-state index in [2.05, 4.69) is 45.8 Å². The van der Waals surface area contributed by atoms with Gasteiger partial charge in [-0.15, -0.1) is 0 Å². The number of piperidine rings is 1. The van der Waals surface area contributed by atoms with Gasteiger partial charge in [0.25, 0.3) is 5.91 Å². The van der Waals surface area contributed by atoms with Crippen LogP contribution in [0.5, 0.6) is 5.75 Å². The zero-order chi connectivity index (χ0) is 23.7. The van der Waals surface area contributed by atoms with E-state index >= 15 is 0 Å². The molecule has 3 heterocycles. The van der Waals surface area contributed by atoms with Gasteiger partial charge in [0.2, 0.25) is 0 Å². The van der Waals surface area contributed by atoms with Crippen molar-refractivity contribution < 1.29 is 14.3 Å². The molecular weight excluding hydrogens is 446 g/mol. The van der Waals surface area contributed by atoms with Crippen molar-refractivity contribution in [2.75, 3.05) is 26.5 Å². The molecule has 34 heavy (non-hydrogen) atoms. The van der Waals surface area contributed by atoms with Crippen molar-refractivity contribution in [3.8, 4) is 5.75 Å². The van der Waals surface area contributed by atoms with Gasteiger partial charge in [0.15, 0.2) is 0 Å². The summed E-state index contributed by atoms with van der Waals surface area (Å²) >= 11 is 1.32. The van der Waals surface area contributed by atoms with E-state index in [1.54, 1.807) is 7.11 Å². The van der Waals surface area contributed by atoms with Crippen LogP contribution in [0.15, 0.2) is 42.6 Å². The van der Waals surface area contributed by atoms with Crippen LogP contribution in [0.1, 0.15) is 58.8 Å². The molecule has 0 radical (unpaired) electrons. The first kappa shape index (κ1) is 23.3. The van der Waals surface area contributed by atoms with Gasteiger partial charge in [-0.2, -0.15) is 0 Å². The standard InChI is InChI=1S/C27H33N3O3S/c1-18-15-24(32-2)22(21-9-12-28-25(18)21)17-30-13-11-27(10-4-14-33-27)16-23(30)19-5-7-20(8-6-19)26(31)29-34-3/h5-9,12,15,23,28H,4,10-11,13-14,16-17H2,1-3H3,(H,29,31)/t23-,27?/m0/s1. The van der Waals surface area contributed by atoms with Crippen molar-refractivity contribution in [3.63, 3.8) is 0 Å². The third-order valence-electron chi connectivity index (χ3n) is 7.49. The first-order valence-electron chi connectivity index (χ1n) is 12.0. The minimum absolute atomic E-state index is 0.0309. The number of nitrogens with one attached hydrogen (secondary N) is 2. The number of aryl methyl sites for hydroxylation is 1. The Morgan fingerprint density at radius 2 is 2.12 bits per heavy atom. The zero-order valence-electron chi connectivity index (χ0n) is 20.1. The number of aromatic amines is 1. The summed E-state index contributed by atoms with van der Waals surface area (Å²) in [6.45, 7) is 4.73. The third kappa shape index (κ3) is 4.32. The van der Waals surface area contributed by atoms with Crippen LogP contribution in [0.4, 0.5) is 0 Å². The minimum atomic E-state index is -0.0608. The van der Waals surface area contributed by atoms with E-state index in [0.29, 0.717) is 5.56 Å². The number of aromatic nitrogens is 1. The van der Waals surface area contributed by atoms with E-state index in [1.807, 2.05) is 24.6 Å². The minimum Gasteiger partial charge on any atom is -0.496 e. The highest BCUT2D eigenvalue weighted by Gasteiger charge is 2.43. The molecule has 180 valence electrons. The Hall–Kier alpha value is -2.48. The van der Waals surface area contributed by atoms with Crippen LogP contribution in [0.25, 0.3) is 10.9 Å². The van der Waals surface area contributed by atoms with Crippen LogP contribution >= 0.6 is 11.9 Å². The Morgan fingerprint density at radius 3 is 2.82 bits per heavy atom. The summed E-state index contributed by atoms with van der Waals surface area (Å²) < 4.78 is 15.0. The Morgan fingerprint density at radius 1 is 1.29 bits per heavy atom. The van der Waals surface area contributed by atoms with Gasteiger partial charge >= 0.3 is 0 Å². The van der Waals surface area contributed by atoms with E-state index in [0.717, 1.165) is 51.1 Å². The maximum atomic E-state index is 12.3. The lowest BCUT2D eigenvalue weighted by atomic mass is 9.81. The van der Waals surface area contributed by atoms with Crippen LogP contribution < -0.4 is 9.46 Å². The number of methoxy groups -OCH3 is 1. The van der Waals surface area contributed by atoms with Gasteiger partial charge in [-0.3, -0.25) is 14.4 Å². The molecule has 6 nitrogen and oxygen atoms in total. The monoisotopic (exact) mass is 479 g/mol. The first-order valence-corrected chi connectivity index (χ1v) is 13.2. The molecule has 2 atom stereocenters. The number of rotatable bonds is 6. The quantitative estimate of drug-likeness (QED) is 0.465. The average molecular weight is 480 g/mol. The highest BCUT2D eigenvalue weighted by molar-refractivity contribution is 7.97. The number of ether oxygens (including phenoxy) is 2. The molecule has 2 aliphatic rings. The van der Waals surface area contributed by atoms with Crippen molar-refractivity contribution in [3.05, 3.63) is 64.8 Å².